The summed E-state index contributed by atoms with van der Waals surface area (Å²) in [4.78, 5) is 36.9. The standard InChI is InChI=1S/C24H32O6/c1-13-9-16-17-6-8-24(20(29)12-25,30-14(2)26)23(17,4)11-19(28)21(16)22(3)7-5-15(27)10-18(13)22/h5,7,10,13,16-17,19,21,25,28H,6,8-9,11-12H2,1-4H3/t13-,16?,17?,19?,21?,22-,23-,24-/m0/s1. The van der Waals surface area contributed by atoms with Crippen LogP contribution in [0.2, 0.25) is 0 Å². The Bertz CT molecular complexity index is 858. The maximum Gasteiger partial charge on any atom is 0.303 e. The molecule has 0 bridgehead atoms. The molecule has 0 aromatic carbocycles. The summed E-state index contributed by atoms with van der Waals surface area (Å²) in [5.41, 5.74) is -1.48. The van der Waals surface area contributed by atoms with E-state index in [1.54, 1.807) is 12.2 Å². The summed E-state index contributed by atoms with van der Waals surface area (Å²) in [6, 6.07) is 0. The number of fused-ring (bicyclic) bond motifs is 5. The van der Waals surface area contributed by atoms with Crippen LogP contribution in [0.5, 0.6) is 0 Å². The minimum Gasteiger partial charge on any atom is -0.451 e. The Morgan fingerprint density at radius 2 is 2.00 bits per heavy atom. The van der Waals surface area contributed by atoms with E-state index in [9.17, 15) is 24.6 Å². The first-order valence-electron chi connectivity index (χ1n) is 11.0. The first-order valence-corrected chi connectivity index (χ1v) is 11.0. The van der Waals surface area contributed by atoms with Crippen molar-refractivity contribution < 1.29 is 29.3 Å². The number of aliphatic hydroxyl groups excluding tert-OH is 2. The topological polar surface area (TPSA) is 101 Å². The Labute approximate surface area is 177 Å². The van der Waals surface area contributed by atoms with Gasteiger partial charge in [-0.3, -0.25) is 14.4 Å². The first-order chi connectivity index (χ1) is 14.0. The monoisotopic (exact) mass is 416 g/mol. The van der Waals surface area contributed by atoms with E-state index in [1.165, 1.54) is 6.92 Å². The second-order valence-electron chi connectivity index (χ2n) is 10.3. The lowest BCUT2D eigenvalue weighted by atomic mass is 9.44. The highest BCUT2D eigenvalue weighted by Crippen LogP contribution is 2.68. The quantitative estimate of drug-likeness (QED) is 0.685. The summed E-state index contributed by atoms with van der Waals surface area (Å²) in [5, 5.41) is 21.1. The molecule has 0 radical (unpaired) electrons. The van der Waals surface area contributed by atoms with Crippen molar-refractivity contribution in [2.75, 3.05) is 6.61 Å². The number of ether oxygens (including phenoxy) is 1. The van der Waals surface area contributed by atoms with Crippen LogP contribution in [-0.4, -0.2) is 46.1 Å². The highest BCUT2D eigenvalue weighted by atomic mass is 16.6. The Kier molecular flexibility index (Phi) is 4.90. The van der Waals surface area contributed by atoms with Crippen LogP contribution in [0.1, 0.15) is 53.4 Å². The molecule has 164 valence electrons. The van der Waals surface area contributed by atoms with Crippen molar-refractivity contribution in [2.45, 2.75) is 65.1 Å². The van der Waals surface area contributed by atoms with Gasteiger partial charge >= 0.3 is 5.97 Å². The highest BCUT2D eigenvalue weighted by Gasteiger charge is 2.70. The van der Waals surface area contributed by atoms with E-state index in [0.717, 1.165) is 12.0 Å². The Morgan fingerprint density at radius 3 is 2.63 bits per heavy atom. The number of hydrogen-bond acceptors (Lipinski definition) is 6. The lowest BCUT2D eigenvalue weighted by molar-refractivity contribution is -0.199. The van der Waals surface area contributed by atoms with Crippen molar-refractivity contribution in [3.63, 3.8) is 0 Å². The van der Waals surface area contributed by atoms with Gasteiger partial charge in [0.2, 0.25) is 5.78 Å². The minimum atomic E-state index is -1.40. The van der Waals surface area contributed by atoms with Gasteiger partial charge in [-0.2, -0.15) is 0 Å². The van der Waals surface area contributed by atoms with Gasteiger partial charge < -0.3 is 14.9 Å². The van der Waals surface area contributed by atoms with Gasteiger partial charge in [0.25, 0.3) is 0 Å². The van der Waals surface area contributed by atoms with Crippen molar-refractivity contribution in [1.82, 2.24) is 0 Å². The number of ketones is 2. The number of aliphatic hydroxyl groups is 2. The second kappa shape index (κ2) is 6.86. The Morgan fingerprint density at radius 1 is 1.30 bits per heavy atom. The predicted octanol–water partition coefficient (Wildman–Crippen LogP) is 2.37. The SMILES string of the molecule is CC(=O)O[C@]1(C(=O)CO)CCC2C3C[C@H](C)C4=CC(=O)C=C[C@]4(C)C3C(O)C[C@@]21C. The molecule has 6 heteroatoms. The summed E-state index contributed by atoms with van der Waals surface area (Å²) in [7, 11) is 0. The summed E-state index contributed by atoms with van der Waals surface area (Å²) in [5.74, 6) is -0.724. The zero-order chi connectivity index (χ0) is 22.1. The van der Waals surface area contributed by atoms with Crippen LogP contribution >= 0.6 is 0 Å². The molecular formula is C24H32O6. The third-order valence-corrected chi connectivity index (χ3v) is 8.85. The lowest BCUT2D eigenvalue weighted by Crippen LogP contribution is -2.63. The molecule has 0 spiro atoms. The molecule has 0 saturated heterocycles. The molecule has 4 aliphatic rings. The van der Waals surface area contributed by atoms with Gasteiger partial charge in [-0.25, -0.2) is 0 Å². The van der Waals surface area contributed by atoms with E-state index in [2.05, 4.69) is 13.8 Å². The average Bonchev–Trinajstić information content (AvgIpc) is 2.94. The fourth-order valence-electron chi connectivity index (χ4n) is 7.79. The molecule has 4 unspecified atom stereocenters. The fourth-order valence-corrected chi connectivity index (χ4v) is 7.79. The number of allylic oxidation sites excluding steroid dienone is 4. The maximum absolute atomic E-state index is 12.9. The lowest BCUT2D eigenvalue weighted by Gasteiger charge is -2.61. The van der Waals surface area contributed by atoms with E-state index in [-0.39, 0.29) is 29.5 Å². The molecular weight excluding hydrogens is 384 g/mol. The van der Waals surface area contributed by atoms with Gasteiger partial charge in [0.15, 0.2) is 11.4 Å². The van der Waals surface area contributed by atoms with E-state index in [0.29, 0.717) is 19.3 Å². The van der Waals surface area contributed by atoms with Crippen LogP contribution in [0.4, 0.5) is 0 Å². The normalized spacial score (nSPS) is 47.1. The number of esters is 1. The predicted molar refractivity (Wildman–Crippen MR) is 109 cm³/mol. The third kappa shape index (κ3) is 2.65. The molecule has 3 saturated carbocycles. The van der Waals surface area contributed by atoms with Crippen LogP contribution < -0.4 is 0 Å². The van der Waals surface area contributed by atoms with Crippen molar-refractivity contribution >= 4 is 17.5 Å². The molecule has 0 aliphatic heterocycles. The number of carbonyl (C=O) groups is 3. The van der Waals surface area contributed by atoms with E-state index in [4.69, 9.17) is 4.74 Å². The molecule has 4 aliphatic carbocycles. The Balaban J connectivity index is 1.80. The van der Waals surface area contributed by atoms with Crippen LogP contribution in [-0.2, 0) is 19.1 Å². The van der Waals surface area contributed by atoms with Crippen LogP contribution in [0, 0.1) is 34.5 Å². The molecule has 6 nitrogen and oxygen atoms in total. The Hall–Kier alpha value is -1.79. The summed E-state index contributed by atoms with van der Waals surface area (Å²) < 4.78 is 5.70. The summed E-state index contributed by atoms with van der Waals surface area (Å²) in [6.07, 6.45) is 6.77. The van der Waals surface area contributed by atoms with Gasteiger partial charge in [0.05, 0.1) is 6.10 Å². The van der Waals surface area contributed by atoms with Crippen LogP contribution in [0.3, 0.4) is 0 Å². The fraction of sp³-hybridized carbons (Fsp3) is 0.708. The molecule has 2 N–H and O–H groups in total. The number of carbonyl (C=O) groups excluding carboxylic acids is 3. The number of Topliss-reactive ketones (excluding diaryl/α,β-unsaturated/α-hetero) is 1. The van der Waals surface area contributed by atoms with Gasteiger partial charge in [-0.15, -0.1) is 0 Å². The van der Waals surface area contributed by atoms with Crippen molar-refractivity contribution in [2.24, 2.45) is 34.5 Å². The summed E-state index contributed by atoms with van der Waals surface area (Å²) in [6.45, 7) is 6.77. The highest BCUT2D eigenvalue weighted by molar-refractivity contribution is 6.01. The van der Waals surface area contributed by atoms with Crippen molar-refractivity contribution in [3.05, 3.63) is 23.8 Å². The van der Waals surface area contributed by atoms with E-state index < -0.39 is 40.9 Å². The van der Waals surface area contributed by atoms with Crippen LogP contribution in [0.15, 0.2) is 23.8 Å². The molecule has 0 amide bonds. The minimum absolute atomic E-state index is 0.00815. The molecule has 0 aromatic rings. The van der Waals surface area contributed by atoms with E-state index >= 15 is 0 Å². The molecule has 30 heavy (non-hydrogen) atoms. The smallest absolute Gasteiger partial charge is 0.303 e. The number of hydrogen-bond donors (Lipinski definition) is 2. The molecule has 8 atom stereocenters. The molecule has 4 rings (SSSR count). The van der Waals surface area contributed by atoms with Gasteiger partial charge in [0, 0.05) is 23.7 Å². The second-order valence-corrected chi connectivity index (χ2v) is 10.3. The first kappa shape index (κ1) is 21.4. The van der Waals surface area contributed by atoms with Gasteiger partial charge in [-0.05, 0) is 55.6 Å². The van der Waals surface area contributed by atoms with Gasteiger partial charge in [-0.1, -0.05) is 32.4 Å². The average molecular weight is 417 g/mol. The van der Waals surface area contributed by atoms with Crippen molar-refractivity contribution in [3.8, 4) is 0 Å². The maximum atomic E-state index is 12.9. The molecule has 0 aromatic heterocycles. The van der Waals surface area contributed by atoms with Crippen LogP contribution in [0.25, 0.3) is 0 Å². The third-order valence-electron chi connectivity index (χ3n) is 8.85. The summed E-state index contributed by atoms with van der Waals surface area (Å²) >= 11 is 0. The molecule has 0 heterocycles. The molecule has 3 fully saturated rings. The van der Waals surface area contributed by atoms with Gasteiger partial charge in [0.1, 0.15) is 6.61 Å². The van der Waals surface area contributed by atoms with Crippen molar-refractivity contribution in [1.29, 1.82) is 0 Å². The zero-order valence-electron chi connectivity index (χ0n) is 18.2. The zero-order valence-corrected chi connectivity index (χ0v) is 18.2. The largest absolute Gasteiger partial charge is 0.451 e. The number of rotatable bonds is 3. The van der Waals surface area contributed by atoms with E-state index in [1.807, 2.05) is 13.0 Å².